The number of hydrogen-bond donors (Lipinski definition) is 0. The van der Waals surface area contributed by atoms with Crippen LogP contribution in [0.4, 0.5) is 0 Å². The van der Waals surface area contributed by atoms with Crippen molar-refractivity contribution in [1.29, 1.82) is 0 Å². The van der Waals surface area contributed by atoms with E-state index in [0.29, 0.717) is 0 Å². The molecule has 0 radical (unpaired) electrons. The topological polar surface area (TPSA) is 17.1 Å². The van der Waals surface area contributed by atoms with Crippen LogP contribution in [0.5, 0.6) is 0 Å². The summed E-state index contributed by atoms with van der Waals surface area (Å²) in [5.41, 5.74) is 0. The van der Waals surface area contributed by atoms with E-state index in [1.165, 1.54) is 25.7 Å². The molecule has 1 rings (SSSR count). The molecule has 0 heterocycles. The van der Waals surface area contributed by atoms with E-state index in [1.54, 1.807) is 0 Å². The van der Waals surface area contributed by atoms with Crippen molar-refractivity contribution in [3.8, 4) is 0 Å². The molecule has 0 aromatic rings. The molecule has 0 saturated carbocycles. The van der Waals surface area contributed by atoms with Gasteiger partial charge in [-0.2, -0.15) is 0 Å². The maximum Gasteiger partial charge on any atom is 0.126 e. The highest BCUT2D eigenvalue weighted by Crippen LogP contribution is 2.14. The first kappa shape index (κ1) is 8.51. The van der Waals surface area contributed by atoms with Crippen molar-refractivity contribution >= 4 is 6.29 Å². The van der Waals surface area contributed by atoms with E-state index in [0.717, 1.165) is 19.1 Å². The van der Waals surface area contributed by atoms with Crippen LogP contribution in [0.2, 0.25) is 0 Å². The zero-order valence-electron chi connectivity index (χ0n) is 6.96. The maximum atomic E-state index is 10.5. The molecule has 0 N–H and O–H groups in total. The fraction of sp³-hybridized carbons (Fsp3) is 0.700. The number of hydrogen-bond acceptors (Lipinski definition) is 1. The normalized spacial score (nSPS) is 26.7. The highest BCUT2D eigenvalue weighted by Gasteiger charge is 2.03. The largest absolute Gasteiger partial charge is 0.303 e. The summed E-state index contributed by atoms with van der Waals surface area (Å²) in [5.74, 6) is 0.202. The van der Waals surface area contributed by atoms with Gasteiger partial charge >= 0.3 is 0 Å². The molecule has 0 fully saturated rings. The van der Waals surface area contributed by atoms with Gasteiger partial charge in [0.15, 0.2) is 0 Å². The van der Waals surface area contributed by atoms with Gasteiger partial charge < -0.3 is 4.79 Å². The third kappa shape index (κ3) is 3.35. The van der Waals surface area contributed by atoms with Crippen molar-refractivity contribution in [2.24, 2.45) is 5.92 Å². The molecular formula is C10H16O. The van der Waals surface area contributed by atoms with Crippen molar-refractivity contribution in [3.05, 3.63) is 12.2 Å². The average molecular weight is 152 g/mol. The summed E-state index contributed by atoms with van der Waals surface area (Å²) in [4.78, 5) is 10.5. The molecule has 0 aliphatic heterocycles. The molecule has 11 heavy (non-hydrogen) atoms. The lowest BCUT2D eigenvalue weighted by atomic mass is 10.0. The minimum absolute atomic E-state index is 0.202. The lowest BCUT2D eigenvalue weighted by Gasteiger charge is -2.01. The molecule has 0 amide bonds. The molecule has 0 aromatic heterocycles. The van der Waals surface area contributed by atoms with E-state index >= 15 is 0 Å². The van der Waals surface area contributed by atoms with Gasteiger partial charge in [-0.3, -0.25) is 0 Å². The quantitative estimate of drug-likeness (QED) is 0.417. The third-order valence-electron chi connectivity index (χ3n) is 2.22. The zero-order valence-corrected chi connectivity index (χ0v) is 6.96. The SMILES string of the molecule is O=CC1C=CCCCCCC1. The van der Waals surface area contributed by atoms with Crippen LogP contribution in [0.1, 0.15) is 38.5 Å². The van der Waals surface area contributed by atoms with Crippen LogP contribution in [-0.2, 0) is 4.79 Å². The van der Waals surface area contributed by atoms with Crippen LogP contribution < -0.4 is 0 Å². The van der Waals surface area contributed by atoms with Crippen LogP contribution in [0.3, 0.4) is 0 Å². The van der Waals surface area contributed by atoms with Gasteiger partial charge in [0, 0.05) is 5.92 Å². The molecule has 1 atom stereocenters. The summed E-state index contributed by atoms with van der Waals surface area (Å²) in [7, 11) is 0. The Labute approximate surface area is 68.5 Å². The van der Waals surface area contributed by atoms with Crippen molar-refractivity contribution < 1.29 is 4.79 Å². The first-order valence-corrected chi connectivity index (χ1v) is 4.55. The van der Waals surface area contributed by atoms with Gasteiger partial charge in [-0.25, -0.2) is 0 Å². The minimum atomic E-state index is 0.202. The Morgan fingerprint density at radius 2 is 2.00 bits per heavy atom. The summed E-state index contributed by atoms with van der Waals surface area (Å²) in [6, 6.07) is 0. The van der Waals surface area contributed by atoms with Crippen LogP contribution in [0.15, 0.2) is 12.2 Å². The van der Waals surface area contributed by atoms with Crippen molar-refractivity contribution in [2.45, 2.75) is 38.5 Å². The van der Waals surface area contributed by atoms with Gasteiger partial charge in [0.25, 0.3) is 0 Å². The van der Waals surface area contributed by atoms with Crippen LogP contribution in [0, 0.1) is 5.92 Å². The monoisotopic (exact) mass is 152 g/mol. The van der Waals surface area contributed by atoms with E-state index in [2.05, 4.69) is 12.2 Å². The van der Waals surface area contributed by atoms with Crippen LogP contribution in [0.25, 0.3) is 0 Å². The Hall–Kier alpha value is -0.590. The Morgan fingerprint density at radius 3 is 2.82 bits per heavy atom. The smallest absolute Gasteiger partial charge is 0.126 e. The summed E-state index contributed by atoms with van der Waals surface area (Å²) in [6.45, 7) is 0. The molecule has 1 unspecified atom stereocenters. The second-order valence-corrected chi connectivity index (χ2v) is 3.22. The molecule has 0 aromatic carbocycles. The number of aldehydes is 1. The second kappa shape index (κ2) is 5.11. The van der Waals surface area contributed by atoms with Gasteiger partial charge in [-0.1, -0.05) is 31.4 Å². The standard InChI is InChI=1S/C10H16O/c11-9-10-7-5-3-1-2-4-6-8-10/h5,7,9-10H,1-4,6,8H2. The Kier molecular flexibility index (Phi) is 3.95. The molecule has 0 bridgehead atoms. The summed E-state index contributed by atoms with van der Waals surface area (Å²) in [6.07, 6.45) is 12.6. The Balaban J connectivity index is 2.37. The van der Waals surface area contributed by atoms with E-state index < -0.39 is 0 Å². The Bertz CT molecular complexity index is 138. The number of carbonyl (C=O) groups excluding carboxylic acids is 1. The number of rotatable bonds is 1. The third-order valence-corrected chi connectivity index (χ3v) is 2.22. The van der Waals surface area contributed by atoms with Gasteiger partial charge in [0.1, 0.15) is 6.29 Å². The molecule has 62 valence electrons. The van der Waals surface area contributed by atoms with E-state index in [4.69, 9.17) is 0 Å². The lowest BCUT2D eigenvalue weighted by Crippen LogP contribution is -1.96. The number of carbonyl (C=O) groups is 1. The highest BCUT2D eigenvalue weighted by atomic mass is 16.1. The van der Waals surface area contributed by atoms with Crippen molar-refractivity contribution in [2.75, 3.05) is 0 Å². The molecule has 1 heteroatoms. The molecule has 1 aliphatic carbocycles. The highest BCUT2D eigenvalue weighted by molar-refractivity contribution is 5.56. The summed E-state index contributed by atoms with van der Waals surface area (Å²) in [5, 5.41) is 0. The fourth-order valence-electron chi connectivity index (χ4n) is 1.48. The second-order valence-electron chi connectivity index (χ2n) is 3.22. The summed E-state index contributed by atoms with van der Waals surface area (Å²) < 4.78 is 0. The number of allylic oxidation sites excluding steroid dienone is 2. The first-order chi connectivity index (χ1) is 5.43. The average Bonchev–Trinajstić information content (AvgIpc) is 2.16. The van der Waals surface area contributed by atoms with Gasteiger partial charge in [0.05, 0.1) is 0 Å². The van der Waals surface area contributed by atoms with E-state index in [1.807, 2.05) is 0 Å². The Morgan fingerprint density at radius 1 is 1.18 bits per heavy atom. The molecule has 1 nitrogen and oxygen atoms in total. The van der Waals surface area contributed by atoms with Gasteiger partial charge in [-0.15, -0.1) is 0 Å². The maximum absolute atomic E-state index is 10.5. The predicted molar refractivity (Wildman–Crippen MR) is 46.4 cm³/mol. The molecular weight excluding hydrogens is 136 g/mol. The van der Waals surface area contributed by atoms with Gasteiger partial charge in [0.2, 0.25) is 0 Å². The van der Waals surface area contributed by atoms with E-state index in [9.17, 15) is 4.79 Å². The minimum Gasteiger partial charge on any atom is -0.303 e. The van der Waals surface area contributed by atoms with Gasteiger partial charge in [-0.05, 0) is 19.3 Å². The van der Waals surface area contributed by atoms with E-state index in [-0.39, 0.29) is 5.92 Å². The van der Waals surface area contributed by atoms with Crippen molar-refractivity contribution in [3.63, 3.8) is 0 Å². The molecule has 0 spiro atoms. The van der Waals surface area contributed by atoms with Crippen molar-refractivity contribution in [1.82, 2.24) is 0 Å². The summed E-state index contributed by atoms with van der Waals surface area (Å²) >= 11 is 0. The first-order valence-electron chi connectivity index (χ1n) is 4.55. The van der Waals surface area contributed by atoms with Crippen LogP contribution >= 0.6 is 0 Å². The van der Waals surface area contributed by atoms with Crippen LogP contribution in [-0.4, -0.2) is 6.29 Å². The lowest BCUT2D eigenvalue weighted by molar-refractivity contribution is -0.110. The predicted octanol–water partition coefficient (Wildman–Crippen LogP) is 2.71. The molecule has 0 saturated heterocycles. The molecule has 1 aliphatic rings. The zero-order chi connectivity index (χ0) is 7.94. The fourth-order valence-corrected chi connectivity index (χ4v) is 1.48.